The number of aliphatic hydroxyl groups excluding tert-OH is 1. The number of fused-ring (bicyclic) bond motifs is 2. The highest BCUT2D eigenvalue weighted by Gasteiger charge is 2.22. The fourth-order valence-corrected chi connectivity index (χ4v) is 4.91. The van der Waals surface area contributed by atoms with Crippen LogP contribution in [0.1, 0.15) is 29.1 Å². The number of carbonyl (C=O) groups is 1. The molecule has 1 amide bonds. The van der Waals surface area contributed by atoms with E-state index < -0.39 is 0 Å². The molecule has 4 N–H and O–H groups in total. The minimum Gasteiger partial charge on any atom is -0.474 e. The van der Waals surface area contributed by atoms with Gasteiger partial charge in [-0.25, -0.2) is 4.98 Å². The summed E-state index contributed by atoms with van der Waals surface area (Å²) in [4.78, 5) is 29.3. The number of H-pyrrole nitrogens is 1. The van der Waals surface area contributed by atoms with Gasteiger partial charge in [0, 0.05) is 43.6 Å². The number of aryl methyl sites for hydroxylation is 1. The third kappa shape index (κ3) is 5.31. The average molecular weight is 563 g/mol. The monoisotopic (exact) mass is 562 g/mol. The van der Waals surface area contributed by atoms with Gasteiger partial charge >= 0.3 is 0 Å². The summed E-state index contributed by atoms with van der Waals surface area (Å²) in [5.41, 5.74) is 4.74. The molecule has 1 aliphatic rings. The van der Waals surface area contributed by atoms with Crippen LogP contribution in [-0.4, -0.2) is 63.4 Å². The van der Waals surface area contributed by atoms with Crippen molar-refractivity contribution in [1.82, 2.24) is 25.3 Å². The van der Waals surface area contributed by atoms with E-state index in [2.05, 4.69) is 20.6 Å². The highest BCUT2D eigenvalue weighted by atomic mass is 35.5. The van der Waals surface area contributed by atoms with Crippen molar-refractivity contribution in [3.05, 3.63) is 59.1 Å². The number of oxazole rings is 1. The number of nitrogens with zero attached hydrogens (tertiary/aromatic N) is 3. The summed E-state index contributed by atoms with van der Waals surface area (Å²) in [5, 5.41) is 15.8. The van der Waals surface area contributed by atoms with Gasteiger partial charge in [-0.05, 0) is 35.9 Å². The van der Waals surface area contributed by atoms with Gasteiger partial charge in [-0.3, -0.25) is 4.79 Å². The summed E-state index contributed by atoms with van der Waals surface area (Å²) in [6, 6.07) is 10.7. The van der Waals surface area contributed by atoms with E-state index in [-0.39, 0.29) is 31.1 Å². The predicted molar refractivity (Wildman–Crippen MR) is 150 cm³/mol. The molecule has 0 saturated carbocycles. The number of hydrogen-bond acceptors (Lipinski definition) is 9. The van der Waals surface area contributed by atoms with Gasteiger partial charge < -0.3 is 34.6 Å². The molecule has 12 heteroatoms. The number of halogens is 1. The first kappa shape index (κ1) is 26.1. The summed E-state index contributed by atoms with van der Waals surface area (Å²) in [6.45, 7) is 3.08. The number of ether oxygens (including phenoxy) is 2. The van der Waals surface area contributed by atoms with Crippen LogP contribution in [0.5, 0.6) is 5.88 Å². The Morgan fingerprint density at radius 2 is 2.02 bits per heavy atom. The zero-order valence-corrected chi connectivity index (χ0v) is 22.4. The third-order valence-corrected chi connectivity index (χ3v) is 6.94. The van der Waals surface area contributed by atoms with Crippen molar-refractivity contribution in [2.24, 2.45) is 0 Å². The Bertz CT molecular complexity index is 1690. The Kier molecular flexibility index (Phi) is 7.25. The minimum atomic E-state index is -0.329. The standard InChI is InChI=1S/C28H27ClN6O5/c1-15-32-22-5-2-16(13-23(22)39-15)19-14-31-25-24(19)27(40-18-6-10-38-11-7-18)35-28(34-25)33-21-4-3-17(12-20(21)29)26(37)30-8-9-36/h2-5,12-14,18,36H,6-11H2,1H3,(H,30,37)(H2,31,33,34,35). The molecule has 2 aromatic carbocycles. The second-order valence-electron chi connectivity index (χ2n) is 9.42. The van der Waals surface area contributed by atoms with Gasteiger partial charge in [0.2, 0.25) is 11.8 Å². The van der Waals surface area contributed by atoms with Crippen LogP contribution in [0.4, 0.5) is 11.6 Å². The van der Waals surface area contributed by atoms with Crippen LogP contribution < -0.4 is 15.4 Å². The molecule has 11 nitrogen and oxygen atoms in total. The molecule has 0 unspecified atom stereocenters. The number of aromatic amines is 1. The first-order valence-corrected chi connectivity index (χ1v) is 13.3. The van der Waals surface area contributed by atoms with Crippen LogP contribution in [0.2, 0.25) is 5.02 Å². The van der Waals surface area contributed by atoms with Crippen LogP contribution in [0, 0.1) is 6.92 Å². The molecular weight excluding hydrogens is 536 g/mol. The Labute approximate surface area is 233 Å². The number of benzene rings is 2. The van der Waals surface area contributed by atoms with E-state index >= 15 is 0 Å². The number of rotatable bonds is 8. The summed E-state index contributed by atoms with van der Waals surface area (Å²) in [6.07, 6.45) is 3.32. The van der Waals surface area contributed by atoms with E-state index in [0.29, 0.717) is 52.5 Å². The highest BCUT2D eigenvalue weighted by molar-refractivity contribution is 6.33. The Morgan fingerprint density at radius 3 is 2.83 bits per heavy atom. The maximum Gasteiger partial charge on any atom is 0.251 e. The summed E-state index contributed by atoms with van der Waals surface area (Å²) in [5.74, 6) is 0.986. The second-order valence-corrected chi connectivity index (χ2v) is 9.83. The van der Waals surface area contributed by atoms with Gasteiger partial charge in [0.25, 0.3) is 5.91 Å². The lowest BCUT2D eigenvalue weighted by atomic mass is 10.1. The van der Waals surface area contributed by atoms with Crippen molar-refractivity contribution < 1.29 is 23.8 Å². The molecule has 6 rings (SSSR count). The van der Waals surface area contributed by atoms with Gasteiger partial charge in [0.15, 0.2) is 11.5 Å². The molecule has 4 heterocycles. The number of amides is 1. The van der Waals surface area contributed by atoms with E-state index in [0.717, 1.165) is 34.9 Å². The Balaban J connectivity index is 1.37. The van der Waals surface area contributed by atoms with Crippen LogP contribution in [0.3, 0.4) is 0 Å². The highest BCUT2D eigenvalue weighted by Crippen LogP contribution is 2.37. The summed E-state index contributed by atoms with van der Waals surface area (Å²) in [7, 11) is 0. The smallest absolute Gasteiger partial charge is 0.251 e. The number of aliphatic hydroxyl groups is 1. The van der Waals surface area contributed by atoms with Crippen LogP contribution >= 0.6 is 11.6 Å². The van der Waals surface area contributed by atoms with Gasteiger partial charge in [-0.1, -0.05) is 17.7 Å². The average Bonchev–Trinajstić information content (AvgIpc) is 3.55. The number of anilines is 2. The van der Waals surface area contributed by atoms with Crippen molar-refractivity contribution in [2.75, 3.05) is 31.7 Å². The van der Waals surface area contributed by atoms with E-state index in [4.69, 9.17) is 40.6 Å². The summed E-state index contributed by atoms with van der Waals surface area (Å²) >= 11 is 6.49. The van der Waals surface area contributed by atoms with E-state index in [1.165, 1.54) is 0 Å². The molecular formula is C28H27ClN6O5. The van der Waals surface area contributed by atoms with E-state index in [9.17, 15) is 4.79 Å². The van der Waals surface area contributed by atoms with E-state index in [1.807, 2.05) is 31.3 Å². The first-order chi connectivity index (χ1) is 19.5. The molecule has 1 saturated heterocycles. The van der Waals surface area contributed by atoms with Crippen molar-refractivity contribution in [2.45, 2.75) is 25.9 Å². The Hall–Kier alpha value is -4.19. The van der Waals surface area contributed by atoms with Gasteiger partial charge in [-0.2, -0.15) is 9.97 Å². The molecule has 5 aromatic rings. The first-order valence-electron chi connectivity index (χ1n) is 12.9. The lowest BCUT2D eigenvalue weighted by Gasteiger charge is -2.23. The molecule has 0 bridgehead atoms. The maximum atomic E-state index is 12.2. The lowest BCUT2D eigenvalue weighted by Crippen LogP contribution is -2.26. The molecule has 0 atom stereocenters. The van der Waals surface area contributed by atoms with Crippen molar-refractivity contribution in [3.63, 3.8) is 0 Å². The number of carbonyl (C=O) groups excluding carboxylic acids is 1. The maximum absolute atomic E-state index is 12.2. The zero-order valence-electron chi connectivity index (χ0n) is 21.7. The number of hydrogen-bond donors (Lipinski definition) is 4. The normalized spacial score (nSPS) is 14.1. The second kappa shape index (κ2) is 11.1. The fraction of sp³-hybridized carbons (Fsp3) is 0.286. The van der Waals surface area contributed by atoms with Gasteiger partial charge in [0.1, 0.15) is 17.3 Å². The lowest BCUT2D eigenvalue weighted by molar-refractivity contribution is 0.0244. The molecule has 0 aliphatic carbocycles. The van der Waals surface area contributed by atoms with Gasteiger partial charge in [0.05, 0.1) is 35.9 Å². The minimum absolute atomic E-state index is 0.0536. The van der Waals surface area contributed by atoms with Crippen molar-refractivity contribution in [3.8, 4) is 17.0 Å². The molecule has 3 aromatic heterocycles. The number of aromatic nitrogens is 4. The predicted octanol–water partition coefficient (Wildman–Crippen LogP) is 4.75. The van der Waals surface area contributed by atoms with Gasteiger partial charge in [-0.15, -0.1) is 0 Å². The summed E-state index contributed by atoms with van der Waals surface area (Å²) < 4.78 is 17.7. The quantitative estimate of drug-likeness (QED) is 0.210. The molecule has 206 valence electrons. The molecule has 0 radical (unpaired) electrons. The number of nitrogens with one attached hydrogen (secondary N) is 3. The third-order valence-electron chi connectivity index (χ3n) is 6.63. The molecule has 40 heavy (non-hydrogen) atoms. The Morgan fingerprint density at radius 1 is 1.18 bits per heavy atom. The zero-order chi connectivity index (χ0) is 27.6. The molecule has 1 fully saturated rings. The van der Waals surface area contributed by atoms with Crippen LogP contribution in [0.15, 0.2) is 47.0 Å². The SMILES string of the molecule is Cc1nc2ccc(-c3c[nH]c4nc(Nc5ccc(C(=O)NCCO)cc5Cl)nc(OC5CCOCC5)c34)cc2o1. The van der Waals surface area contributed by atoms with Crippen LogP contribution in [-0.2, 0) is 4.74 Å². The molecule has 1 aliphatic heterocycles. The van der Waals surface area contributed by atoms with Crippen molar-refractivity contribution in [1.29, 1.82) is 0 Å². The largest absolute Gasteiger partial charge is 0.474 e. The molecule has 0 spiro atoms. The van der Waals surface area contributed by atoms with Crippen molar-refractivity contribution >= 4 is 51.3 Å². The van der Waals surface area contributed by atoms with E-state index in [1.54, 1.807) is 18.2 Å². The topological polar surface area (TPSA) is 147 Å². The fourth-order valence-electron chi connectivity index (χ4n) is 4.68. The van der Waals surface area contributed by atoms with Crippen LogP contribution in [0.25, 0.3) is 33.3 Å².